The van der Waals surface area contributed by atoms with Crippen molar-refractivity contribution >= 4 is 18.5 Å². The van der Waals surface area contributed by atoms with E-state index in [2.05, 4.69) is 23.4 Å². The summed E-state index contributed by atoms with van der Waals surface area (Å²) in [6, 6.07) is 0. The molecule has 3 heteroatoms. The Hall–Kier alpha value is 0.820. The minimum atomic E-state index is 0.519. The van der Waals surface area contributed by atoms with Crippen LogP contribution in [0.5, 0.6) is 0 Å². The smallest absolute Gasteiger partial charge is 0.0372 e. The van der Waals surface area contributed by atoms with Crippen LogP contribution in [-0.2, 0) is 0 Å². The van der Waals surface area contributed by atoms with Gasteiger partial charge >= 0.3 is 0 Å². The molecule has 0 aliphatic heterocycles. The summed E-state index contributed by atoms with van der Waals surface area (Å²) >= 11 is 0. The molecular formula is C3H11NP2. The van der Waals surface area contributed by atoms with Gasteiger partial charge < -0.3 is 0 Å². The number of nitrogens with zero attached hydrogens (tertiary/aromatic N) is 1. The minimum absolute atomic E-state index is 0.519. The quantitative estimate of drug-likeness (QED) is 0.461. The van der Waals surface area contributed by atoms with E-state index in [1.807, 2.05) is 14.1 Å². The van der Waals surface area contributed by atoms with Gasteiger partial charge in [-0.2, -0.15) is 0 Å². The maximum atomic E-state index is 2.66. The van der Waals surface area contributed by atoms with Crippen LogP contribution in [0.1, 0.15) is 0 Å². The Labute approximate surface area is 43.9 Å². The summed E-state index contributed by atoms with van der Waals surface area (Å²) in [5, 5.41) is 0. The van der Waals surface area contributed by atoms with Crippen molar-refractivity contribution < 1.29 is 0 Å². The molecule has 0 amide bonds. The summed E-state index contributed by atoms with van der Waals surface area (Å²) in [5.41, 5.74) is 0.519. The van der Waals surface area contributed by atoms with E-state index >= 15 is 0 Å². The standard InChI is InChI=1S/C3H11NP2/c1-4(2)3(5)6/h3H,5-6H2,1-2H3. The fraction of sp³-hybridized carbons (Fsp3) is 1.00. The average molecular weight is 123 g/mol. The summed E-state index contributed by atoms with van der Waals surface area (Å²) in [6.45, 7) is 0. The Balaban J connectivity index is 2.99. The van der Waals surface area contributed by atoms with Gasteiger partial charge in [-0.05, 0) is 14.1 Å². The zero-order chi connectivity index (χ0) is 5.15. The van der Waals surface area contributed by atoms with Gasteiger partial charge in [-0.1, -0.05) is 0 Å². The lowest BCUT2D eigenvalue weighted by Gasteiger charge is -2.12. The molecule has 0 fully saturated rings. The van der Waals surface area contributed by atoms with Crippen LogP contribution in [0.4, 0.5) is 0 Å². The lowest BCUT2D eigenvalue weighted by atomic mass is 11.0. The van der Waals surface area contributed by atoms with E-state index in [1.54, 1.807) is 0 Å². The van der Waals surface area contributed by atoms with Gasteiger partial charge in [0.1, 0.15) is 0 Å². The van der Waals surface area contributed by atoms with Crippen molar-refractivity contribution in [3.63, 3.8) is 0 Å². The Morgan fingerprint density at radius 3 is 1.50 bits per heavy atom. The van der Waals surface area contributed by atoms with Crippen molar-refractivity contribution in [1.29, 1.82) is 0 Å². The lowest BCUT2D eigenvalue weighted by molar-refractivity contribution is 0.459. The predicted octanol–water partition coefficient (Wildman–Crippen LogP) is 0.582. The van der Waals surface area contributed by atoms with Crippen LogP contribution in [0, 0.1) is 0 Å². The second-order valence-corrected chi connectivity index (χ2v) is 3.59. The molecule has 1 nitrogen and oxygen atoms in total. The maximum Gasteiger partial charge on any atom is 0.0372 e. The molecule has 0 N–H and O–H groups in total. The van der Waals surface area contributed by atoms with E-state index in [4.69, 9.17) is 0 Å². The van der Waals surface area contributed by atoms with Gasteiger partial charge in [0, 0.05) is 5.52 Å². The van der Waals surface area contributed by atoms with Crippen LogP contribution >= 0.6 is 18.5 Å². The molecule has 0 heterocycles. The second-order valence-electron chi connectivity index (χ2n) is 1.45. The third-order valence-corrected chi connectivity index (χ3v) is 1.79. The van der Waals surface area contributed by atoms with Gasteiger partial charge in [-0.3, -0.25) is 4.90 Å². The Morgan fingerprint density at radius 2 is 1.50 bits per heavy atom. The van der Waals surface area contributed by atoms with Gasteiger partial charge in [-0.25, -0.2) is 0 Å². The largest absolute Gasteiger partial charge is 0.300 e. The van der Waals surface area contributed by atoms with Crippen molar-refractivity contribution in [2.45, 2.75) is 5.52 Å². The van der Waals surface area contributed by atoms with Crippen molar-refractivity contribution in [3.05, 3.63) is 0 Å². The molecule has 38 valence electrons. The molecule has 0 saturated carbocycles. The molecule has 0 aliphatic carbocycles. The molecule has 0 radical (unpaired) electrons. The first-order valence-corrected chi connectivity index (χ1v) is 3.15. The van der Waals surface area contributed by atoms with Crippen molar-refractivity contribution in [2.75, 3.05) is 14.1 Å². The van der Waals surface area contributed by atoms with E-state index in [1.165, 1.54) is 0 Å². The van der Waals surface area contributed by atoms with E-state index in [9.17, 15) is 0 Å². The first kappa shape index (κ1) is 6.82. The molecule has 6 heavy (non-hydrogen) atoms. The second kappa shape index (κ2) is 2.91. The zero-order valence-corrected chi connectivity index (χ0v) is 6.49. The lowest BCUT2D eigenvalue weighted by Crippen LogP contribution is -2.14. The molecule has 0 aromatic heterocycles. The summed E-state index contributed by atoms with van der Waals surface area (Å²) < 4.78 is 0. The topological polar surface area (TPSA) is 3.24 Å². The minimum Gasteiger partial charge on any atom is -0.300 e. The molecular weight excluding hydrogens is 112 g/mol. The zero-order valence-electron chi connectivity index (χ0n) is 4.18. The van der Waals surface area contributed by atoms with Gasteiger partial charge in [0.05, 0.1) is 0 Å². The maximum absolute atomic E-state index is 2.66. The van der Waals surface area contributed by atoms with Gasteiger partial charge in [0.15, 0.2) is 0 Å². The molecule has 2 unspecified atom stereocenters. The molecule has 0 aromatic carbocycles. The third kappa shape index (κ3) is 3.03. The predicted molar refractivity (Wildman–Crippen MR) is 36.9 cm³/mol. The van der Waals surface area contributed by atoms with Crippen molar-refractivity contribution in [1.82, 2.24) is 4.90 Å². The van der Waals surface area contributed by atoms with Gasteiger partial charge in [-0.15, -0.1) is 18.5 Å². The first-order valence-electron chi connectivity index (χ1n) is 1.82. The molecule has 0 aromatic rings. The Kier molecular flexibility index (Phi) is 3.30. The van der Waals surface area contributed by atoms with Crippen molar-refractivity contribution in [3.8, 4) is 0 Å². The highest BCUT2D eigenvalue weighted by molar-refractivity contribution is 7.37. The highest BCUT2D eigenvalue weighted by Crippen LogP contribution is 2.09. The first-order chi connectivity index (χ1) is 2.64. The molecule has 0 bridgehead atoms. The van der Waals surface area contributed by atoms with E-state index in [-0.39, 0.29) is 0 Å². The van der Waals surface area contributed by atoms with Crippen LogP contribution in [-0.4, -0.2) is 24.5 Å². The average Bonchev–Trinajstić information content (AvgIpc) is 1.36. The van der Waals surface area contributed by atoms with Crippen LogP contribution in [0.2, 0.25) is 0 Å². The van der Waals surface area contributed by atoms with Crippen molar-refractivity contribution in [2.24, 2.45) is 0 Å². The normalized spacial score (nSPS) is 11.0. The fourth-order valence-electron chi connectivity index (χ4n) is 0. The Bertz CT molecular complexity index is 29.8. The highest BCUT2D eigenvalue weighted by atomic mass is 31.1. The van der Waals surface area contributed by atoms with E-state index < -0.39 is 0 Å². The molecule has 0 aliphatic rings. The van der Waals surface area contributed by atoms with E-state index in [0.29, 0.717) is 5.52 Å². The molecule has 0 spiro atoms. The van der Waals surface area contributed by atoms with Crippen LogP contribution in [0.25, 0.3) is 0 Å². The fourth-order valence-corrected chi connectivity index (χ4v) is 0. The third-order valence-electron chi connectivity index (χ3n) is 0.596. The summed E-state index contributed by atoms with van der Waals surface area (Å²) in [7, 11) is 9.39. The molecule has 0 saturated heterocycles. The monoisotopic (exact) mass is 123 g/mol. The summed E-state index contributed by atoms with van der Waals surface area (Å²) in [4.78, 5) is 2.09. The van der Waals surface area contributed by atoms with Crippen LogP contribution in [0.3, 0.4) is 0 Å². The SMILES string of the molecule is CN(C)C(P)P. The molecule has 0 rings (SSSR count). The van der Waals surface area contributed by atoms with Crippen LogP contribution in [0.15, 0.2) is 0 Å². The van der Waals surface area contributed by atoms with Gasteiger partial charge in [0.25, 0.3) is 0 Å². The number of hydrogen-bond acceptors (Lipinski definition) is 1. The summed E-state index contributed by atoms with van der Waals surface area (Å²) in [6.07, 6.45) is 0. The molecule has 2 atom stereocenters. The number of hydrogen-bond donors (Lipinski definition) is 0. The van der Waals surface area contributed by atoms with Crippen LogP contribution < -0.4 is 0 Å². The Morgan fingerprint density at radius 1 is 1.33 bits per heavy atom. The van der Waals surface area contributed by atoms with Gasteiger partial charge in [0.2, 0.25) is 0 Å². The number of rotatable bonds is 1. The highest BCUT2D eigenvalue weighted by Gasteiger charge is 1.90. The summed E-state index contributed by atoms with van der Waals surface area (Å²) in [5.74, 6) is 0. The van der Waals surface area contributed by atoms with E-state index in [0.717, 1.165) is 0 Å².